The molecule has 3 fully saturated rings. The number of benzene rings is 2. The monoisotopic (exact) mass is 841 g/mol. The van der Waals surface area contributed by atoms with Crippen molar-refractivity contribution in [3.63, 3.8) is 0 Å². The Hall–Kier alpha value is -4.94. The predicted molar refractivity (Wildman–Crippen MR) is 255 cm³/mol. The van der Waals surface area contributed by atoms with E-state index in [0.717, 1.165) is 88.7 Å². The molecule has 1 aliphatic carbocycles. The highest BCUT2D eigenvalue weighted by Gasteiger charge is 2.42. The maximum Gasteiger partial charge on any atom is 0.227 e. The number of piperidine rings is 2. The van der Waals surface area contributed by atoms with Crippen LogP contribution in [0.2, 0.25) is 0 Å². The second-order valence-electron chi connectivity index (χ2n) is 20.4. The summed E-state index contributed by atoms with van der Waals surface area (Å²) in [6.45, 7) is 22.8. The van der Waals surface area contributed by atoms with Gasteiger partial charge in [-0.05, 0) is 129 Å². The van der Waals surface area contributed by atoms with Gasteiger partial charge in [-0.25, -0.2) is 0 Å². The number of nitrogens with one attached hydrogen (secondary N) is 6. The molecule has 3 aliphatic rings. The molecule has 12 nitrogen and oxygen atoms in total. The van der Waals surface area contributed by atoms with Crippen molar-refractivity contribution in [3.8, 4) is 0 Å². The highest BCUT2D eigenvalue weighted by atomic mass is 15.2. The highest BCUT2D eigenvalue weighted by molar-refractivity contribution is 5.38. The topological polar surface area (TPSA) is 150 Å². The van der Waals surface area contributed by atoms with Gasteiger partial charge in [0.15, 0.2) is 0 Å². The van der Waals surface area contributed by atoms with E-state index in [2.05, 4.69) is 147 Å². The average molecular weight is 841 g/mol. The summed E-state index contributed by atoms with van der Waals surface area (Å²) in [6, 6.07) is 22.0. The summed E-state index contributed by atoms with van der Waals surface area (Å²) in [6.07, 6.45) is 15.5. The number of nitrogens with zero attached hydrogens (tertiary/aromatic N) is 6. The van der Waals surface area contributed by atoms with Crippen LogP contribution in [0.1, 0.15) is 116 Å². The normalized spacial score (nSPS) is 26.8. The van der Waals surface area contributed by atoms with Gasteiger partial charge in [0.2, 0.25) is 23.8 Å². The van der Waals surface area contributed by atoms with Crippen LogP contribution in [0.15, 0.2) is 86.0 Å². The smallest absolute Gasteiger partial charge is 0.227 e. The molecule has 4 unspecified atom stereocenters. The quantitative estimate of drug-likeness (QED) is 0.0532. The van der Waals surface area contributed by atoms with E-state index in [1.165, 1.54) is 11.1 Å². The van der Waals surface area contributed by atoms with Crippen molar-refractivity contribution < 1.29 is 0 Å². The predicted octanol–water partition coefficient (Wildman–Crippen LogP) is 8.73. The zero-order valence-corrected chi connectivity index (χ0v) is 38.2. The minimum atomic E-state index is -0.0721. The maximum atomic E-state index is 5.05. The number of anilines is 4. The number of hydrogen-bond donors (Lipinski definition) is 6. The van der Waals surface area contributed by atoms with Crippen LogP contribution < -0.4 is 31.9 Å². The lowest BCUT2D eigenvalue weighted by Gasteiger charge is -2.48. The Morgan fingerprint density at radius 1 is 0.532 bits per heavy atom. The van der Waals surface area contributed by atoms with E-state index < -0.39 is 0 Å². The zero-order chi connectivity index (χ0) is 43.8. The van der Waals surface area contributed by atoms with Gasteiger partial charge in [-0.1, -0.05) is 72.8 Å². The summed E-state index contributed by atoms with van der Waals surface area (Å²) < 4.78 is 0. The lowest BCUT2D eigenvalue weighted by molar-refractivity contribution is 0.154. The van der Waals surface area contributed by atoms with E-state index >= 15 is 0 Å². The molecule has 4 heterocycles. The van der Waals surface area contributed by atoms with Gasteiger partial charge in [0.1, 0.15) is 11.6 Å². The molecule has 332 valence electrons. The first-order valence-electron chi connectivity index (χ1n) is 23.0. The standard InChI is InChI=1S/C50H72N12/c1-9-25-51-43-55-41(57-45(59-43)53-39-31-47(3,4)61-49(7,33-39)29-37-17-13-11-14-18-37)27-35-21-23-36(24-22-35)28-42-56-44(52-26-10-2)60-46(58-42)54-40-32-48(5,6)62-50(8,34-40)30-38-19-15-12-16-20-38/h9-20,35-36,39-40,61-62H,1-2,21-34H2,3-8H3,(H2,51,53,55,57,59)(H2,52,54,56,58,60). The van der Waals surface area contributed by atoms with Crippen LogP contribution in [0.5, 0.6) is 0 Å². The first-order chi connectivity index (χ1) is 29.6. The molecule has 4 atom stereocenters. The Bertz CT molecular complexity index is 1930. The molecular formula is C50H72N12. The van der Waals surface area contributed by atoms with Crippen molar-refractivity contribution in [2.75, 3.05) is 34.4 Å². The molecule has 2 aliphatic heterocycles. The summed E-state index contributed by atoms with van der Waals surface area (Å²) in [7, 11) is 0. The zero-order valence-electron chi connectivity index (χ0n) is 38.2. The first kappa shape index (κ1) is 45.1. The lowest BCUT2D eigenvalue weighted by Crippen LogP contribution is -2.62. The van der Waals surface area contributed by atoms with E-state index in [1.54, 1.807) is 0 Å². The molecule has 2 saturated heterocycles. The molecular weight excluding hydrogens is 769 g/mol. The van der Waals surface area contributed by atoms with Crippen molar-refractivity contribution in [2.45, 2.75) is 153 Å². The van der Waals surface area contributed by atoms with Crippen molar-refractivity contribution in [3.05, 3.63) is 109 Å². The summed E-state index contributed by atoms with van der Waals surface area (Å²) in [4.78, 5) is 29.6. The third-order valence-corrected chi connectivity index (χ3v) is 12.8. The van der Waals surface area contributed by atoms with Gasteiger partial charge in [0.05, 0.1) is 0 Å². The Kier molecular flexibility index (Phi) is 14.3. The minimum Gasteiger partial charge on any atom is -0.351 e. The van der Waals surface area contributed by atoms with Crippen molar-refractivity contribution in [2.24, 2.45) is 11.8 Å². The Balaban J connectivity index is 0.987. The van der Waals surface area contributed by atoms with Crippen LogP contribution in [0.3, 0.4) is 0 Å². The van der Waals surface area contributed by atoms with Crippen LogP contribution in [0.25, 0.3) is 0 Å². The molecule has 12 heteroatoms. The lowest BCUT2D eigenvalue weighted by atomic mass is 9.76. The largest absolute Gasteiger partial charge is 0.351 e. The van der Waals surface area contributed by atoms with Crippen LogP contribution in [0.4, 0.5) is 23.8 Å². The van der Waals surface area contributed by atoms with Crippen LogP contribution in [-0.4, -0.2) is 77.2 Å². The van der Waals surface area contributed by atoms with Crippen LogP contribution >= 0.6 is 0 Å². The second-order valence-corrected chi connectivity index (χ2v) is 20.4. The summed E-state index contributed by atoms with van der Waals surface area (Å²) in [5, 5.41) is 22.1. The summed E-state index contributed by atoms with van der Waals surface area (Å²) in [5.41, 5.74) is 2.44. The third kappa shape index (κ3) is 13.0. The molecule has 0 bridgehead atoms. The van der Waals surface area contributed by atoms with E-state index in [4.69, 9.17) is 29.9 Å². The van der Waals surface area contributed by atoms with Gasteiger partial charge in [-0.2, -0.15) is 29.9 Å². The fourth-order valence-corrected chi connectivity index (χ4v) is 11.0. The molecule has 6 N–H and O–H groups in total. The fourth-order valence-electron chi connectivity index (χ4n) is 11.0. The Labute approximate surface area is 371 Å². The van der Waals surface area contributed by atoms with Gasteiger partial charge >= 0.3 is 0 Å². The minimum absolute atomic E-state index is 0.0456. The molecule has 0 spiro atoms. The first-order valence-corrected chi connectivity index (χ1v) is 23.0. The number of aromatic nitrogens is 6. The molecule has 0 radical (unpaired) electrons. The van der Waals surface area contributed by atoms with Gasteiger partial charge in [-0.15, -0.1) is 13.2 Å². The van der Waals surface area contributed by atoms with E-state index in [-0.39, 0.29) is 34.2 Å². The molecule has 4 aromatic rings. The van der Waals surface area contributed by atoms with E-state index in [1.807, 2.05) is 12.2 Å². The Morgan fingerprint density at radius 2 is 0.903 bits per heavy atom. The van der Waals surface area contributed by atoms with Gasteiger partial charge < -0.3 is 31.9 Å². The molecule has 2 aromatic carbocycles. The maximum absolute atomic E-state index is 5.05. The summed E-state index contributed by atoms with van der Waals surface area (Å²) in [5.74, 6) is 5.16. The second kappa shape index (κ2) is 19.6. The summed E-state index contributed by atoms with van der Waals surface area (Å²) >= 11 is 0. The molecule has 1 saturated carbocycles. The molecule has 62 heavy (non-hydrogen) atoms. The average Bonchev–Trinajstić information content (AvgIpc) is 3.19. The third-order valence-electron chi connectivity index (χ3n) is 12.8. The highest BCUT2D eigenvalue weighted by Crippen LogP contribution is 2.36. The SMILES string of the molecule is C=CCNc1nc(CC2CCC(Cc3nc(NCC=C)nc(NC4CC(C)(C)NC(C)(Cc5ccccc5)C4)n3)CC2)nc(NC2CC(C)(C)NC(C)(Cc3ccccc3)C2)n1. The van der Waals surface area contributed by atoms with Gasteiger partial charge in [0.25, 0.3) is 0 Å². The van der Waals surface area contributed by atoms with E-state index in [9.17, 15) is 0 Å². The molecule has 0 amide bonds. The van der Waals surface area contributed by atoms with Gasteiger partial charge in [-0.3, -0.25) is 0 Å². The fraction of sp³-hybridized carbons (Fsp3) is 0.560. The van der Waals surface area contributed by atoms with Crippen LogP contribution in [0, 0.1) is 11.8 Å². The molecule has 7 rings (SSSR count). The van der Waals surface area contributed by atoms with Crippen molar-refractivity contribution >= 4 is 23.8 Å². The molecule has 2 aromatic heterocycles. The number of hydrogen-bond acceptors (Lipinski definition) is 12. The van der Waals surface area contributed by atoms with Crippen molar-refractivity contribution in [1.82, 2.24) is 40.5 Å². The van der Waals surface area contributed by atoms with Crippen LogP contribution in [-0.2, 0) is 25.7 Å². The Morgan fingerprint density at radius 3 is 1.27 bits per heavy atom. The number of rotatable bonds is 18. The van der Waals surface area contributed by atoms with Crippen molar-refractivity contribution in [1.29, 1.82) is 0 Å². The van der Waals surface area contributed by atoms with Gasteiger partial charge in [0, 0.05) is 60.2 Å². The van der Waals surface area contributed by atoms with E-state index in [0.29, 0.717) is 48.7 Å².